The predicted octanol–water partition coefficient (Wildman–Crippen LogP) is 2.64. The molecule has 2 aliphatic rings. The molecule has 174 valence electrons. The first-order valence-corrected chi connectivity index (χ1v) is 12.3. The lowest BCUT2D eigenvalue weighted by Crippen LogP contribution is -2.29. The number of nitrogens with one attached hydrogen (secondary N) is 1. The molecule has 34 heavy (non-hydrogen) atoms. The number of hydrogen-bond donors (Lipinski definition) is 1. The Bertz CT molecular complexity index is 1400. The molecule has 3 heterocycles. The third-order valence-corrected chi connectivity index (χ3v) is 7.40. The minimum absolute atomic E-state index is 0.0830. The van der Waals surface area contributed by atoms with E-state index in [1.165, 1.54) is 24.5 Å². The molecule has 2 amide bonds. The Morgan fingerprint density at radius 1 is 1.09 bits per heavy atom. The summed E-state index contributed by atoms with van der Waals surface area (Å²) >= 11 is 0. The molecular formula is C23H21N5O5S. The zero-order chi connectivity index (χ0) is 23.9. The number of hydrogen-bond acceptors (Lipinski definition) is 8. The van der Waals surface area contributed by atoms with Crippen LogP contribution in [0, 0.1) is 0 Å². The van der Waals surface area contributed by atoms with Gasteiger partial charge in [0.15, 0.2) is 0 Å². The minimum atomic E-state index is -3.43. The second-order valence-corrected chi connectivity index (χ2v) is 9.98. The van der Waals surface area contributed by atoms with E-state index in [0.717, 1.165) is 4.90 Å². The molecule has 1 fully saturated rings. The molecule has 0 bridgehead atoms. The Balaban J connectivity index is 1.37. The van der Waals surface area contributed by atoms with Crippen LogP contribution in [0.4, 0.5) is 5.69 Å². The van der Waals surface area contributed by atoms with Gasteiger partial charge >= 0.3 is 0 Å². The first kappa shape index (κ1) is 22.0. The number of imide groups is 1. The Labute approximate surface area is 196 Å². The highest BCUT2D eigenvalue weighted by Crippen LogP contribution is 2.31. The molecule has 0 unspecified atom stereocenters. The van der Waals surface area contributed by atoms with Crippen molar-refractivity contribution in [2.24, 2.45) is 0 Å². The van der Waals surface area contributed by atoms with Crippen molar-refractivity contribution in [3.05, 3.63) is 65.7 Å². The van der Waals surface area contributed by atoms with E-state index < -0.39 is 21.8 Å². The average Bonchev–Trinajstić information content (AvgIpc) is 3.65. The molecular weight excluding hydrogens is 458 g/mol. The summed E-state index contributed by atoms with van der Waals surface area (Å²) in [6.45, 7) is 2.21. The molecule has 0 spiro atoms. The van der Waals surface area contributed by atoms with Crippen molar-refractivity contribution in [1.29, 1.82) is 0 Å². The van der Waals surface area contributed by atoms with Gasteiger partial charge in [-0.05, 0) is 44.0 Å². The van der Waals surface area contributed by atoms with Gasteiger partial charge < -0.3 is 4.74 Å². The molecule has 1 aliphatic carbocycles. The van der Waals surface area contributed by atoms with Crippen LogP contribution < -0.4 is 9.46 Å². The third kappa shape index (κ3) is 4.21. The van der Waals surface area contributed by atoms with E-state index in [-0.39, 0.29) is 22.9 Å². The summed E-state index contributed by atoms with van der Waals surface area (Å²) in [5, 5.41) is -0.367. The highest BCUT2D eigenvalue weighted by Gasteiger charge is 2.37. The highest BCUT2D eigenvalue weighted by molar-refractivity contribution is 7.93. The number of nitrogens with zero attached hydrogens (tertiary/aromatic N) is 4. The van der Waals surface area contributed by atoms with Crippen LogP contribution >= 0.6 is 0 Å². The molecule has 1 N–H and O–H groups in total. The van der Waals surface area contributed by atoms with E-state index in [0.29, 0.717) is 48.0 Å². The topological polar surface area (TPSA) is 131 Å². The van der Waals surface area contributed by atoms with Crippen molar-refractivity contribution in [2.45, 2.75) is 31.6 Å². The van der Waals surface area contributed by atoms with Crippen LogP contribution in [0.5, 0.6) is 5.88 Å². The average molecular weight is 480 g/mol. The van der Waals surface area contributed by atoms with E-state index in [2.05, 4.69) is 19.7 Å². The number of amides is 2. The number of fused-ring (bicyclic) bond motifs is 1. The number of anilines is 1. The fraction of sp³-hybridized carbons (Fsp3) is 0.261. The molecule has 1 saturated carbocycles. The van der Waals surface area contributed by atoms with Gasteiger partial charge in [-0.1, -0.05) is 6.07 Å². The Hall–Kier alpha value is -3.86. The van der Waals surface area contributed by atoms with Crippen molar-refractivity contribution < 1.29 is 22.7 Å². The van der Waals surface area contributed by atoms with Crippen molar-refractivity contribution in [3.63, 3.8) is 0 Å². The second-order valence-electron chi connectivity index (χ2n) is 8.01. The van der Waals surface area contributed by atoms with E-state index in [1.54, 1.807) is 24.4 Å². The summed E-state index contributed by atoms with van der Waals surface area (Å²) < 4.78 is 32.4. The van der Waals surface area contributed by atoms with E-state index in [4.69, 9.17) is 4.74 Å². The first-order valence-electron chi connectivity index (χ1n) is 10.8. The van der Waals surface area contributed by atoms with Crippen LogP contribution in [-0.4, -0.2) is 51.9 Å². The molecule has 0 radical (unpaired) electrons. The van der Waals surface area contributed by atoms with E-state index in [1.807, 2.05) is 6.92 Å². The number of benzene rings is 1. The number of aromatic nitrogens is 3. The first-order chi connectivity index (χ1) is 16.4. The van der Waals surface area contributed by atoms with Crippen LogP contribution in [0.1, 0.15) is 46.2 Å². The van der Waals surface area contributed by atoms with Gasteiger partial charge in [-0.25, -0.2) is 13.4 Å². The van der Waals surface area contributed by atoms with Gasteiger partial charge in [0.25, 0.3) is 11.8 Å². The maximum Gasteiger partial charge on any atom is 0.261 e. The number of sulfonamides is 1. The van der Waals surface area contributed by atoms with Gasteiger partial charge in [-0.15, -0.1) is 0 Å². The Morgan fingerprint density at radius 2 is 1.88 bits per heavy atom. The van der Waals surface area contributed by atoms with Crippen molar-refractivity contribution in [1.82, 2.24) is 19.9 Å². The lowest BCUT2D eigenvalue weighted by Gasteiger charge is -2.14. The molecule has 5 rings (SSSR count). The quantitative estimate of drug-likeness (QED) is 0.488. The predicted molar refractivity (Wildman–Crippen MR) is 123 cm³/mol. The summed E-state index contributed by atoms with van der Waals surface area (Å²) in [5.74, 6) is -0.527. The Kier molecular flexibility index (Phi) is 5.48. The summed E-state index contributed by atoms with van der Waals surface area (Å²) in [6.07, 6.45) is 5.79. The minimum Gasteiger partial charge on any atom is -0.477 e. The fourth-order valence-corrected chi connectivity index (χ4v) is 5.09. The monoisotopic (exact) mass is 479 g/mol. The number of ether oxygens (including phenoxy) is 1. The number of carbonyl (C=O) groups is 2. The Morgan fingerprint density at radius 3 is 2.65 bits per heavy atom. The highest BCUT2D eigenvalue weighted by atomic mass is 32.2. The molecule has 1 aromatic carbocycles. The second kappa shape index (κ2) is 8.49. The van der Waals surface area contributed by atoms with Crippen LogP contribution in [0.2, 0.25) is 0 Å². The number of carbonyl (C=O) groups excluding carboxylic acids is 2. The van der Waals surface area contributed by atoms with Crippen molar-refractivity contribution in [2.75, 3.05) is 11.3 Å². The standard InChI is InChI=1S/C23H21N5O5S/c1-2-33-21-12-24-11-20(26-21)14-3-6-18-19(9-14)23(30)28(22(18)29)13-16-10-15(7-8-25-16)27-34(31,32)17-4-5-17/h3,6-12,17H,2,4-5,13H2,1H3,(H,25,27). The van der Waals surface area contributed by atoms with Crippen LogP contribution in [0.15, 0.2) is 48.9 Å². The lowest BCUT2D eigenvalue weighted by molar-refractivity contribution is 0.0640. The molecule has 1 aliphatic heterocycles. The van der Waals surface area contributed by atoms with Crippen LogP contribution in [0.25, 0.3) is 11.3 Å². The van der Waals surface area contributed by atoms with Gasteiger partial charge in [0.05, 0.1) is 59.0 Å². The summed E-state index contributed by atoms with van der Waals surface area (Å²) in [4.78, 5) is 39.8. The number of rotatable bonds is 8. The van der Waals surface area contributed by atoms with Gasteiger partial charge in [0.2, 0.25) is 15.9 Å². The van der Waals surface area contributed by atoms with Gasteiger partial charge in [-0.2, -0.15) is 0 Å². The van der Waals surface area contributed by atoms with Crippen LogP contribution in [0.3, 0.4) is 0 Å². The SMILES string of the molecule is CCOc1cncc(-c2ccc3c(c2)C(=O)N(Cc2cc(NS(=O)(=O)C4CC4)ccn2)C3=O)n1. The summed E-state index contributed by atoms with van der Waals surface area (Å²) in [5.41, 5.74) is 2.43. The van der Waals surface area contributed by atoms with Gasteiger partial charge in [-0.3, -0.25) is 29.2 Å². The fourth-order valence-electron chi connectivity index (χ4n) is 3.71. The zero-order valence-electron chi connectivity index (χ0n) is 18.3. The number of pyridine rings is 1. The molecule has 0 atom stereocenters. The largest absolute Gasteiger partial charge is 0.477 e. The van der Waals surface area contributed by atoms with E-state index in [9.17, 15) is 18.0 Å². The molecule has 10 nitrogen and oxygen atoms in total. The van der Waals surface area contributed by atoms with Gasteiger partial charge in [0, 0.05) is 11.8 Å². The summed E-state index contributed by atoms with van der Waals surface area (Å²) in [7, 11) is -3.43. The van der Waals surface area contributed by atoms with Crippen molar-refractivity contribution in [3.8, 4) is 17.1 Å². The third-order valence-electron chi connectivity index (χ3n) is 5.53. The lowest BCUT2D eigenvalue weighted by atomic mass is 10.0. The normalized spacial score (nSPS) is 15.4. The van der Waals surface area contributed by atoms with E-state index >= 15 is 0 Å². The van der Waals surface area contributed by atoms with Gasteiger partial charge in [0.1, 0.15) is 0 Å². The molecule has 2 aromatic heterocycles. The zero-order valence-corrected chi connectivity index (χ0v) is 19.1. The molecule has 3 aromatic rings. The smallest absolute Gasteiger partial charge is 0.261 e. The maximum absolute atomic E-state index is 13.1. The molecule has 0 saturated heterocycles. The summed E-state index contributed by atoms with van der Waals surface area (Å²) in [6, 6.07) is 7.98. The van der Waals surface area contributed by atoms with Crippen LogP contribution in [-0.2, 0) is 16.6 Å². The molecule has 11 heteroatoms. The van der Waals surface area contributed by atoms with Crippen molar-refractivity contribution >= 4 is 27.5 Å². The maximum atomic E-state index is 13.1.